The van der Waals surface area contributed by atoms with Gasteiger partial charge in [0.25, 0.3) is 0 Å². The molecule has 1 N–H and O–H groups in total. The summed E-state index contributed by atoms with van der Waals surface area (Å²) in [5.74, 6) is -0.908. The van der Waals surface area contributed by atoms with Gasteiger partial charge in [-0.1, -0.05) is 0 Å². The number of carboxylic acid groups (broad SMARTS) is 1. The molecule has 0 atom stereocenters. The van der Waals surface area contributed by atoms with E-state index < -0.39 is 5.97 Å². The Balaban J connectivity index is 2.56. The van der Waals surface area contributed by atoms with Crippen molar-refractivity contribution < 1.29 is 14.7 Å². The predicted octanol–water partition coefficient (Wildman–Crippen LogP) is 2.96. The van der Waals surface area contributed by atoms with Crippen molar-refractivity contribution in [2.75, 3.05) is 0 Å². The van der Waals surface area contributed by atoms with Gasteiger partial charge in [0.05, 0.1) is 21.0 Å². The largest absolute Gasteiger partial charge is 0.478 e. The molecule has 2 aromatic rings. The Bertz CT molecular complexity index is 637. The van der Waals surface area contributed by atoms with Crippen LogP contribution in [-0.4, -0.2) is 21.4 Å². The molecule has 5 heteroatoms. The molecule has 2 rings (SSSR count). The summed E-state index contributed by atoms with van der Waals surface area (Å²) < 4.78 is 1.79. The highest BCUT2D eigenvalue weighted by Gasteiger charge is 2.18. The summed E-state index contributed by atoms with van der Waals surface area (Å²) in [5.41, 5.74) is 1.87. The van der Waals surface area contributed by atoms with Crippen LogP contribution in [0.25, 0.3) is 10.6 Å². The quantitative estimate of drug-likeness (QED) is 0.866. The van der Waals surface area contributed by atoms with Gasteiger partial charge >= 0.3 is 5.97 Å². The predicted molar refractivity (Wildman–Crippen MR) is 70.4 cm³/mol. The Morgan fingerprint density at radius 2 is 2.00 bits per heavy atom. The third-order valence-electron chi connectivity index (χ3n) is 2.85. The van der Waals surface area contributed by atoms with Crippen LogP contribution in [0.2, 0.25) is 0 Å². The molecular weight excluding hydrogens is 250 g/mol. The highest BCUT2D eigenvalue weighted by molar-refractivity contribution is 7.17. The standard InChI is InChI=1S/C13H13NO3S/c1-7-9(13(16)17)6-14(3)12(7)11-5-4-10(18-11)8(2)15/h4-6H,1-3H3,(H,16,17). The zero-order chi connectivity index (χ0) is 13.4. The first-order chi connectivity index (χ1) is 8.41. The fraction of sp³-hybridized carbons (Fsp3) is 0.231. The number of thiophene rings is 1. The van der Waals surface area contributed by atoms with E-state index in [1.165, 1.54) is 18.3 Å². The number of nitrogens with zero attached hydrogens (tertiary/aromatic N) is 1. The van der Waals surface area contributed by atoms with Crippen LogP contribution in [0.3, 0.4) is 0 Å². The normalized spacial score (nSPS) is 10.6. The molecule has 0 aliphatic heterocycles. The number of carbonyl (C=O) groups is 2. The molecule has 0 aliphatic carbocycles. The molecule has 0 aromatic carbocycles. The van der Waals surface area contributed by atoms with Crippen LogP contribution < -0.4 is 0 Å². The Kier molecular flexibility index (Phi) is 3.09. The van der Waals surface area contributed by atoms with Gasteiger partial charge in [-0.2, -0.15) is 0 Å². The van der Waals surface area contributed by atoms with Gasteiger partial charge in [-0.15, -0.1) is 11.3 Å². The highest BCUT2D eigenvalue weighted by Crippen LogP contribution is 2.32. The van der Waals surface area contributed by atoms with E-state index >= 15 is 0 Å². The molecule has 0 radical (unpaired) electrons. The molecule has 0 saturated heterocycles. The van der Waals surface area contributed by atoms with Crippen LogP contribution in [0, 0.1) is 6.92 Å². The minimum atomic E-state index is -0.933. The summed E-state index contributed by atoms with van der Waals surface area (Å²) in [4.78, 5) is 23.9. The van der Waals surface area contributed by atoms with Crippen LogP contribution in [0.5, 0.6) is 0 Å². The Morgan fingerprint density at radius 3 is 2.44 bits per heavy atom. The summed E-state index contributed by atoms with van der Waals surface area (Å²) in [6, 6.07) is 3.63. The van der Waals surface area contributed by atoms with Crippen molar-refractivity contribution in [3.63, 3.8) is 0 Å². The van der Waals surface area contributed by atoms with Gasteiger partial charge in [-0.3, -0.25) is 4.79 Å². The fourth-order valence-corrected chi connectivity index (χ4v) is 3.02. The zero-order valence-electron chi connectivity index (χ0n) is 10.4. The van der Waals surface area contributed by atoms with Gasteiger partial charge < -0.3 is 9.67 Å². The van der Waals surface area contributed by atoms with Crippen LogP contribution >= 0.6 is 11.3 Å². The van der Waals surface area contributed by atoms with Crippen LogP contribution in [0.15, 0.2) is 18.3 Å². The van der Waals surface area contributed by atoms with Gasteiger partial charge in [0, 0.05) is 13.2 Å². The van der Waals surface area contributed by atoms with Crippen molar-refractivity contribution in [2.24, 2.45) is 7.05 Å². The van der Waals surface area contributed by atoms with Crippen molar-refractivity contribution in [2.45, 2.75) is 13.8 Å². The average molecular weight is 263 g/mol. The van der Waals surface area contributed by atoms with Gasteiger partial charge in [0.15, 0.2) is 5.78 Å². The molecule has 2 heterocycles. The van der Waals surface area contributed by atoms with E-state index in [0.717, 1.165) is 16.1 Å². The third-order valence-corrected chi connectivity index (χ3v) is 4.04. The first kappa shape index (κ1) is 12.6. The maximum atomic E-state index is 11.3. The zero-order valence-corrected chi connectivity index (χ0v) is 11.2. The van der Waals surface area contributed by atoms with E-state index in [2.05, 4.69) is 0 Å². The van der Waals surface area contributed by atoms with E-state index in [-0.39, 0.29) is 5.78 Å². The first-order valence-corrected chi connectivity index (χ1v) is 6.23. The number of rotatable bonds is 3. The van der Waals surface area contributed by atoms with E-state index in [9.17, 15) is 9.59 Å². The topological polar surface area (TPSA) is 59.3 Å². The highest BCUT2D eigenvalue weighted by atomic mass is 32.1. The number of aryl methyl sites for hydroxylation is 1. The molecule has 94 valence electrons. The van der Waals surface area contributed by atoms with Crippen molar-refractivity contribution >= 4 is 23.1 Å². The molecule has 0 bridgehead atoms. The second kappa shape index (κ2) is 4.42. The minimum Gasteiger partial charge on any atom is -0.478 e. The molecule has 0 saturated carbocycles. The van der Waals surface area contributed by atoms with E-state index in [0.29, 0.717) is 10.4 Å². The molecule has 0 amide bonds. The summed E-state index contributed by atoms with van der Waals surface area (Å²) >= 11 is 1.38. The lowest BCUT2D eigenvalue weighted by atomic mass is 10.1. The molecule has 0 unspecified atom stereocenters. The van der Waals surface area contributed by atoms with Crippen molar-refractivity contribution in [3.8, 4) is 10.6 Å². The van der Waals surface area contributed by atoms with Crippen LogP contribution in [0.1, 0.15) is 32.5 Å². The molecule has 0 aliphatic rings. The second-order valence-corrected chi connectivity index (χ2v) is 5.24. The van der Waals surface area contributed by atoms with Gasteiger partial charge in [0.1, 0.15) is 0 Å². The molecule has 0 fully saturated rings. The number of hydrogen-bond donors (Lipinski definition) is 1. The van der Waals surface area contributed by atoms with Crippen LogP contribution in [-0.2, 0) is 7.05 Å². The monoisotopic (exact) mass is 263 g/mol. The Morgan fingerprint density at radius 1 is 1.33 bits per heavy atom. The number of hydrogen-bond acceptors (Lipinski definition) is 3. The van der Waals surface area contributed by atoms with E-state index in [4.69, 9.17) is 5.11 Å². The first-order valence-electron chi connectivity index (χ1n) is 5.42. The van der Waals surface area contributed by atoms with Crippen molar-refractivity contribution in [3.05, 3.63) is 34.3 Å². The number of ketones is 1. The number of Topliss-reactive ketones (excluding diaryl/α,β-unsaturated/α-hetero) is 1. The number of carbonyl (C=O) groups excluding carboxylic acids is 1. The lowest BCUT2D eigenvalue weighted by Gasteiger charge is -2.01. The molecule has 18 heavy (non-hydrogen) atoms. The lowest BCUT2D eigenvalue weighted by molar-refractivity contribution is 0.0696. The Hall–Kier alpha value is -1.88. The molecular formula is C13H13NO3S. The number of aromatic nitrogens is 1. The maximum Gasteiger partial charge on any atom is 0.337 e. The SMILES string of the molecule is CC(=O)c1ccc(-c2c(C)c(C(=O)O)cn2C)s1. The summed E-state index contributed by atoms with van der Waals surface area (Å²) in [5, 5.41) is 9.08. The maximum absolute atomic E-state index is 11.3. The van der Waals surface area contributed by atoms with E-state index in [1.54, 1.807) is 23.8 Å². The van der Waals surface area contributed by atoms with E-state index in [1.807, 2.05) is 13.1 Å². The summed E-state index contributed by atoms with van der Waals surface area (Å²) in [6.45, 7) is 3.31. The average Bonchev–Trinajstić information content (AvgIpc) is 2.83. The van der Waals surface area contributed by atoms with Gasteiger partial charge in [0.2, 0.25) is 0 Å². The minimum absolute atomic E-state index is 0.0246. The summed E-state index contributed by atoms with van der Waals surface area (Å²) in [6.07, 6.45) is 1.60. The van der Waals surface area contributed by atoms with Gasteiger partial charge in [-0.05, 0) is 31.5 Å². The number of aromatic carboxylic acids is 1. The van der Waals surface area contributed by atoms with Crippen LogP contribution in [0.4, 0.5) is 0 Å². The second-order valence-electron chi connectivity index (χ2n) is 4.15. The number of carboxylic acids is 1. The van der Waals surface area contributed by atoms with Crippen molar-refractivity contribution in [1.82, 2.24) is 4.57 Å². The molecule has 2 aromatic heterocycles. The van der Waals surface area contributed by atoms with Crippen molar-refractivity contribution in [1.29, 1.82) is 0 Å². The summed E-state index contributed by atoms with van der Waals surface area (Å²) in [7, 11) is 1.81. The smallest absolute Gasteiger partial charge is 0.337 e. The van der Waals surface area contributed by atoms with Gasteiger partial charge in [-0.25, -0.2) is 4.79 Å². The fourth-order valence-electron chi connectivity index (χ4n) is 1.98. The third kappa shape index (κ3) is 1.97. The molecule has 0 spiro atoms. The Labute approximate surface area is 108 Å². The molecule has 4 nitrogen and oxygen atoms in total. The lowest BCUT2D eigenvalue weighted by Crippen LogP contribution is -1.95.